The Morgan fingerprint density at radius 3 is 2.73 bits per heavy atom. The van der Waals surface area contributed by atoms with Crippen molar-refractivity contribution in [2.75, 3.05) is 0 Å². The molecule has 1 heterocycles. The van der Waals surface area contributed by atoms with Crippen molar-refractivity contribution in [1.29, 1.82) is 10.5 Å². The van der Waals surface area contributed by atoms with Crippen molar-refractivity contribution in [2.45, 2.75) is 6.61 Å². The minimum absolute atomic E-state index is 0.193. The lowest BCUT2D eigenvalue weighted by molar-refractivity contribution is 0.0690. The normalized spacial score (nSPS) is 9.92. The van der Waals surface area contributed by atoms with Crippen LogP contribution >= 0.6 is 0 Å². The number of carbonyl (C=O) groups is 1. The molecule has 0 fully saturated rings. The Labute approximate surface area is 148 Å². The Hall–Kier alpha value is -4.17. The van der Waals surface area contributed by atoms with Gasteiger partial charge in [-0.2, -0.15) is 10.5 Å². The van der Waals surface area contributed by atoms with Crippen LogP contribution in [0.2, 0.25) is 0 Å². The number of nitrogens with zero attached hydrogens (tertiary/aromatic N) is 5. The van der Waals surface area contributed by atoms with Gasteiger partial charge in [0.2, 0.25) is 0 Å². The standard InChI is InChI=1S/C18H11N5O3/c19-8-12-2-1-3-13(6-12)11-26-17-5-4-15(7-14(17)9-20)23-10-16(18(24)25)21-22-23/h1-7,10H,11H2,(H,24,25). The van der Waals surface area contributed by atoms with E-state index in [0.717, 1.165) is 5.56 Å². The molecule has 1 aromatic heterocycles. The van der Waals surface area contributed by atoms with Gasteiger partial charge in [-0.15, -0.1) is 5.10 Å². The number of ether oxygens (including phenoxy) is 1. The quantitative estimate of drug-likeness (QED) is 0.752. The second kappa shape index (κ2) is 7.16. The fourth-order valence-electron chi connectivity index (χ4n) is 2.25. The highest BCUT2D eigenvalue weighted by Gasteiger charge is 2.11. The molecular formula is C18H11N5O3. The molecule has 26 heavy (non-hydrogen) atoms. The molecule has 3 aromatic rings. The molecule has 0 unspecified atom stereocenters. The zero-order valence-electron chi connectivity index (χ0n) is 13.3. The fourth-order valence-corrected chi connectivity index (χ4v) is 2.25. The summed E-state index contributed by atoms with van der Waals surface area (Å²) in [6.07, 6.45) is 1.26. The molecule has 8 heteroatoms. The topological polar surface area (TPSA) is 125 Å². The lowest BCUT2D eigenvalue weighted by Gasteiger charge is -2.09. The van der Waals surface area contributed by atoms with Crippen LogP contribution in [0.5, 0.6) is 5.75 Å². The summed E-state index contributed by atoms with van der Waals surface area (Å²) >= 11 is 0. The van der Waals surface area contributed by atoms with Gasteiger partial charge >= 0.3 is 5.97 Å². The molecule has 2 aromatic carbocycles. The van der Waals surface area contributed by atoms with E-state index >= 15 is 0 Å². The number of benzene rings is 2. The van der Waals surface area contributed by atoms with Gasteiger partial charge < -0.3 is 9.84 Å². The van der Waals surface area contributed by atoms with E-state index in [-0.39, 0.29) is 17.9 Å². The fraction of sp³-hybridized carbons (Fsp3) is 0.0556. The maximum absolute atomic E-state index is 10.9. The number of hydrogen-bond donors (Lipinski definition) is 1. The molecule has 0 atom stereocenters. The molecule has 0 radical (unpaired) electrons. The number of aromatic nitrogens is 3. The molecule has 0 aliphatic rings. The lowest BCUT2D eigenvalue weighted by Crippen LogP contribution is -2.00. The summed E-state index contributed by atoms with van der Waals surface area (Å²) in [4.78, 5) is 10.9. The summed E-state index contributed by atoms with van der Waals surface area (Å²) in [5.74, 6) is -0.812. The van der Waals surface area contributed by atoms with E-state index in [9.17, 15) is 10.1 Å². The Morgan fingerprint density at radius 1 is 1.19 bits per heavy atom. The van der Waals surface area contributed by atoms with Gasteiger partial charge in [0.1, 0.15) is 18.4 Å². The van der Waals surface area contributed by atoms with E-state index < -0.39 is 5.97 Å². The lowest BCUT2D eigenvalue weighted by atomic mass is 10.1. The monoisotopic (exact) mass is 345 g/mol. The van der Waals surface area contributed by atoms with E-state index in [1.807, 2.05) is 12.1 Å². The Kier molecular flexibility index (Phi) is 4.59. The highest BCUT2D eigenvalue weighted by atomic mass is 16.5. The molecule has 0 aliphatic carbocycles. The average Bonchev–Trinajstić information content (AvgIpc) is 3.17. The number of carboxylic acids is 1. The van der Waals surface area contributed by atoms with Crippen LogP contribution in [0.1, 0.15) is 27.2 Å². The second-order valence-electron chi connectivity index (χ2n) is 5.25. The molecule has 0 saturated heterocycles. The molecule has 0 spiro atoms. The predicted molar refractivity (Wildman–Crippen MR) is 88.5 cm³/mol. The van der Waals surface area contributed by atoms with Crippen molar-refractivity contribution < 1.29 is 14.6 Å². The molecule has 3 rings (SSSR count). The molecule has 0 saturated carbocycles. The van der Waals surface area contributed by atoms with Crippen LogP contribution in [0.3, 0.4) is 0 Å². The van der Waals surface area contributed by atoms with Crippen LogP contribution in [0, 0.1) is 22.7 Å². The second-order valence-corrected chi connectivity index (χ2v) is 5.25. The largest absolute Gasteiger partial charge is 0.488 e. The summed E-state index contributed by atoms with van der Waals surface area (Å²) < 4.78 is 6.94. The maximum atomic E-state index is 10.9. The number of nitriles is 2. The molecule has 0 amide bonds. The van der Waals surface area contributed by atoms with Crippen LogP contribution in [-0.2, 0) is 6.61 Å². The number of rotatable bonds is 5. The summed E-state index contributed by atoms with van der Waals surface area (Å²) in [5.41, 5.74) is 1.90. The van der Waals surface area contributed by atoms with Crippen LogP contribution in [0.4, 0.5) is 0 Å². The third-order valence-electron chi connectivity index (χ3n) is 3.51. The number of carboxylic acid groups (broad SMARTS) is 1. The predicted octanol–water partition coefficient (Wildman–Crippen LogP) is 2.29. The third kappa shape index (κ3) is 3.50. The Morgan fingerprint density at radius 2 is 2.04 bits per heavy atom. The SMILES string of the molecule is N#Cc1cccc(COc2ccc(-n3cc(C(=O)O)nn3)cc2C#N)c1. The first-order chi connectivity index (χ1) is 12.6. The molecule has 1 N–H and O–H groups in total. The number of hydrogen-bond acceptors (Lipinski definition) is 6. The summed E-state index contributed by atoms with van der Waals surface area (Å²) in [5, 5.41) is 34.4. The maximum Gasteiger partial charge on any atom is 0.358 e. The minimum atomic E-state index is -1.18. The minimum Gasteiger partial charge on any atom is -0.488 e. The summed E-state index contributed by atoms with van der Waals surface area (Å²) in [6.45, 7) is 0.204. The summed E-state index contributed by atoms with van der Waals surface area (Å²) in [6, 6.07) is 15.9. The smallest absolute Gasteiger partial charge is 0.358 e. The van der Waals surface area contributed by atoms with E-state index in [0.29, 0.717) is 17.0 Å². The zero-order valence-corrected chi connectivity index (χ0v) is 13.3. The average molecular weight is 345 g/mol. The van der Waals surface area contributed by atoms with Crippen molar-refractivity contribution in [3.63, 3.8) is 0 Å². The molecule has 8 nitrogen and oxygen atoms in total. The van der Waals surface area contributed by atoms with Crippen LogP contribution in [-0.4, -0.2) is 26.1 Å². The van der Waals surface area contributed by atoms with E-state index in [1.54, 1.807) is 30.3 Å². The van der Waals surface area contributed by atoms with Crippen LogP contribution < -0.4 is 4.74 Å². The van der Waals surface area contributed by atoms with E-state index in [4.69, 9.17) is 15.1 Å². The Bertz CT molecular complexity index is 1060. The highest BCUT2D eigenvalue weighted by molar-refractivity contribution is 5.84. The zero-order chi connectivity index (χ0) is 18.5. The van der Waals surface area contributed by atoms with Gasteiger partial charge in [-0.25, -0.2) is 9.48 Å². The first-order valence-corrected chi connectivity index (χ1v) is 7.42. The molecule has 0 aliphatic heterocycles. The Balaban J connectivity index is 1.81. The number of aromatic carboxylic acids is 1. The van der Waals surface area contributed by atoms with Crippen molar-refractivity contribution in [3.8, 4) is 23.6 Å². The first-order valence-electron chi connectivity index (χ1n) is 7.42. The van der Waals surface area contributed by atoms with Gasteiger partial charge in [-0.1, -0.05) is 17.3 Å². The van der Waals surface area contributed by atoms with Crippen LogP contribution in [0.25, 0.3) is 5.69 Å². The molecule has 0 bridgehead atoms. The van der Waals surface area contributed by atoms with Gasteiger partial charge in [0.15, 0.2) is 5.69 Å². The van der Waals surface area contributed by atoms with Crippen molar-refractivity contribution in [2.24, 2.45) is 0 Å². The van der Waals surface area contributed by atoms with Crippen molar-refractivity contribution in [3.05, 3.63) is 71.0 Å². The molecular weight excluding hydrogens is 334 g/mol. The van der Waals surface area contributed by atoms with E-state index in [2.05, 4.69) is 16.4 Å². The third-order valence-corrected chi connectivity index (χ3v) is 3.51. The van der Waals surface area contributed by atoms with Gasteiger partial charge in [-0.05, 0) is 35.9 Å². The van der Waals surface area contributed by atoms with Gasteiger partial charge in [0.05, 0.1) is 29.1 Å². The van der Waals surface area contributed by atoms with Gasteiger partial charge in [0.25, 0.3) is 0 Å². The summed E-state index contributed by atoms with van der Waals surface area (Å²) in [7, 11) is 0. The first kappa shape index (κ1) is 16.7. The molecule has 126 valence electrons. The van der Waals surface area contributed by atoms with Crippen molar-refractivity contribution >= 4 is 5.97 Å². The highest BCUT2D eigenvalue weighted by Crippen LogP contribution is 2.22. The van der Waals surface area contributed by atoms with E-state index in [1.165, 1.54) is 16.9 Å². The van der Waals surface area contributed by atoms with Crippen LogP contribution in [0.15, 0.2) is 48.7 Å². The van der Waals surface area contributed by atoms with Gasteiger partial charge in [0, 0.05) is 0 Å². The van der Waals surface area contributed by atoms with Crippen molar-refractivity contribution in [1.82, 2.24) is 15.0 Å². The van der Waals surface area contributed by atoms with Gasteiger partial charge in [-0.3, -0.25) is 0 Å².